The Bertz CT molecular complexity index is 1140. The molecule has 0 saturated carbocycles. The quantitative estimate of drug-likeness (QED) is 0.284. The molecular weight excluding hydrogens is 456 g/mol. The van der Waals surface area contributed by atoms with E-state index in [9.17, 15) is 9.59 Å². The van der Waals surface area contributed by atoms with Gasteiger partial charge in [-0.2, -0.15) is 0 Å². The highest BCUT2D eigenvalue weighted by Crippen LogP contribution is 2.33. The number of methoxy groups -OCH3 is 1. The topological polar surface area (TPSA) is 84.8 Å². The second-order valence-electron chi connectivity index (χ2n) is 8.87. The molecule has 1 aliphatic heterocycles. The summed E-state index contributed by atoms with van der Waals surface area (Å²) in [7, 11) is 1.39. The Labute approximate surface area is 212 Å². The van der Waals surface area contributed by atoms with E-state index in [0.29, 0.717) is 25.2 Å². The lowest BCUT2D eigenvalue weighted by Gasteiger charge is -2.41. The van der Waals surface area contributed by atoms with Crippen LogP contribution in [0.2, 0.25) is 0 Å². The van der Waals surface area contributed by atoms with Gasteiger partial charge in [-0.1, -0.05) is 32.3 Å². The van der Waals surface area contributed by atoms with Gasteiger partial charge in [0.05, 0.1) is 37.1 Å². The zero-order valence-electron chi connectivity index (χ0n) is 20.9. The molecule has 1 saturated heterocycles. The van der Waals surface area contributed by atoms with Crippen LogP contribution in [0.3, 0.4) is 0 Å². The number of carbonyl (C=O) groups excluding carboxylic acids is 2. The van der Waals surface area contributed by atoms with E-state index in [1.54, 1.807) is 6.07 Å². The molecule has 8 nitrogen and oxygen atoms in total. The molecule has 190 valence electrons. The molecule has 0 radical (unpaired) electrons. The van der Waals surface area contributed by atoms with E-state index >= 15 is 0 Å². The number of carbonyl (C=O) groups is 2. The summed E-state index contributed by atoms with van der Waals surface area (Å²) in [6, 6.07) is 16.7. The van der Waals surface area contributed by atoms with Gasteiger partial charge in [0.15, 0.2) is 0 Å². The number of anilines is 2. The fourth-order valence-corrected chi connectivity index (χ4v) is 4.26. The molecule has 3 aromatic rings. The van der Waals surface area contributed by atoms with Crippen molar-refractivity contribution < 1.29 is 19.1 Å². The fraction of sp³-hybridized carbons (Fsp3) is 0.357. The minimum Gasteiger partial charge on any atom is -0.487 e. The minimum atomic E-state index is -0.368. The fourth-order valence-electron chi connectivity index (χ4n) is 4.26. The molecule has 1 fully saturated rings. The molecule has 1 aromatic heterocycles. The first-order valence-electron chi connectivity index (χ1n) is 12.5. The molecule has 36 heavy (non-hydrogen) atoms. The lowest BCUT2D eigenvalue weighted by molar-refractivity contribution is 0.0600. The SMILES string of the molecule is CCCCCCNC(=O)Nc1ccc(OC2CN(c3cccc(C(=O)OC)c3-n3cccc3)C2)cc1. The highest BCUT2D eigenvalue weighted by atomic mass is 16.5. The smallest absolute Gasteiger partial charge is 0.340 e. The zero-order valence-corrected chi connectivity index (χ0v) is 20.9. The van der Waals surface area contributed by atoms with Crippen LogP contribution >= 0.6 is 0 Å². The number of hydrogen-bond donors (Lipinski definition) is 2. The molecule has 0 aliphatic carbocycles. The number of nitrogens with zero attached hydrogens (tertiary/aromatic N) is 2. The minimum absolute atomic E-state index is 0.0227. The predicted molar refractivity (Wildman–Crippen MR) is 141 cm³/mol. The number of benzene rings is 2. The van der Waals surface area contributed by atoms with Crippen molar-refractivity contribution in [1.29, 1.82) is 0 Å². The van der Waals surface area contributed by atoms with Gasteiger partial charge < -0.3 is 29.6 Å². The predicted octanol–water partition coefficient (Wildman–Crippen LogP) is 5.23. The van der Waals surface area contributed by atoms with Crippen molar-refractivity contribution in [2.24, 2.45) is 0 Å². The number of unbranched alkanes of at least 4 members (excludes halogenated alkanes) is 3. The van der Waals surface area contributed by atoms with Crippen molar-refractivity contribution in [3.63, 3.8) is 0 Å². The number of urea groups is 1. The van der Waals surface area contributed by atoms with Gasteiger partial charge in [-0.25, -0.2) is 9.59 Å². The van der Waals surface area contributed by atoms with Gasteiger partial charge in [0.25, 0.3) is 0 Å². The lowest BCUT2D eigenvalue weighted by Crippen LogP contribution is -2.54. The molecule has 2 heterocycles. The Kier molecular flexibility index (Phi) is 8.49. The van der Waals surface area contributed by atoms with Crippen LogP contribution in [-0.2, 0) is 4.74 Å². The van der Waals surface area contributed by atoms with Crippen LogP contribution in [0.15, 0.2) is 67.0 Å². The third-order valence-corrected chi connectivity index (χ3v) is 6.20. The lowest BCUT2D eigenvalue weighted by atomic mass is 10.1. The molecule has 0 spiro atoms. The highest BCUT2D eigenvalue weighted by molar-refractivity contribution is 5.96. The molecule has 0 unspecified atom stereocenters. The van der Waals surface area contributed by atoms with E-state index < -0.39 is 0 Å². The van der Waals surface area contributed by atoms with E-state index in [4.69, 9.17) is 9.47 Å². The second-order valence-corrected chi connectivity index (χ2v) is 8.87. The largest absolute Gasteiger partial charge is 0.487 e. The van der Waals surface area contributed by atoms with E-state index in [2.05, 4.69) is 22.5 Å². The molecule has 2 N–H and O–H groups in total. The van der Waals surface area contributed by atoms with Crippen LogP contribution in [0.4, 0.5) is 16.2 Å². The first-order valence-corrected chi connectivity index (χ1v) is 12.5. The van der Waals surface area contributed by atoms with E-state index in [1.165, 1.54) is 20.0 Å². The van der Waals surface area contributed by atoms with Crippen LogP contribution in [0.5, 0.6) is 5.75 Å². The van der Waals surface area contributed by atoms with Crippen LogP contribution in [-0.4, -0.2) is 49.4 Å². The van der Waals surface area contributed by atoms with Gasteiger partial charge in [0.1, 0.15) is 11.9 Å². The zero-order chi connectivity index (χ0) is 25.3. The summed E-state index contributed by atoms with van der Waals surface area (Å²) in [5.41, 5.74) is 2.99. The van der Waals surface area contributed by atoms with Crippen LogP contribution in [0, 0.1) is 0 Å². The summed E-state index contributed by atoms with van der Waals surface area (Å²) in [5.74, 6) is 0.381. The second kappa shape index (κ2) is 12.2. The standard InChI is InChI=1S/C28H34N4O4/c1-3-4-5-6-16-29-28(34)30-21-12-14-22(15-13-21)36-23-19-32(20-23)25-11-9-10-24(27(33)35-2)26(25)31-17-7-8-18-31/h7-15,17-18,23H,3-6,16,19-20H2,1-2H3,(H2,29,30,34). The van der Waals surface area contributed by atoms with Gasteiger partial charge in [0, 0.05) is 24.6 Å². The summed E-state index contributed by atoms with van der Waals surface area (Å²) in [5, 5.41) is 5.74. The van der Waals surface area contributed by atoms with Gasteiger partial charge in [0.2, 0.25) is 0 Å². The number of para-hydroxylation sites is 1. The van der Waals surface area contributed by atoms with Crippen LogP contribution < -0.4 is 20.3 Å². The Morgan fingerprint density at radius 1 is 0.972 bits per heavy atom. The van der Waals surface area contributed by atoms with Gasteiger partial charge >= 0.3 is 12.0 Å². The number of amides is 2. The maximum absolute atomic E-state index is 12.4. The third kappa shape index (κ3) is 6.19. The van der Waals surface area contributed by atoms with Crippen molar-refractivity contribution in [3.8, 4) is 11.4 Å². The number of ether oxygens (including phenoxy) is 2. The van der Waals surface area contributed by atoms with Crippen molar-refractivity contribution in [2.45, 2.75) is 38.7 Å². The average Bonchev–Trinajstić information content (AvgIpc) is 3.40. The first-order chi connectivity index (χ1) is 17.6. The Morgan fingerprint density at radius 3 is 2.42 bits per heavy atom. The molecule has 4 rings (SSSR count). The summed E-state index contributed by atoms with van der Waals surface area (Å²) in [6.45, 7) is 4.24. The van der Waals surface area contributed by atoms with Gasteiger partial charge in [-0.3, -0.25) is 0 Å². The number of hydrogen-bond acceptors (Lipinski definition) is 5. The number of rotatable bonds is 11. The summed E-state index contributed by atoms with van der Waals surface area (Å²) in [6.07, 6.45) is 8.35. The summed E-state index contributed by atoms with van der Waals surface area (Å²) < 4.78 is 13.1. The Balaban J connectivity index is 1.31. The maximum atomic E-state index is 12.4. The molecule has 2 amide bonds. The Morgan fingerprint density at radius 2 is 1.72 bits per heavy atom. The molecule has 8 heteroatoms. The number of nitrogens with one attached hydrogen (secondary N) is 2. The molecular formula is C28H34N4O4. The average molecular weight is 491 g/mol. The molecule has 2 aromatic carbocycles. The van der Waals surface area contributed by atoms with Crippen molar-refractivity contribution in [1.82, 2.24) is 9.88 Å². The summed E-state index contributed by atoms with van der Waals surface area (Å²) in [4.78, 5) is 26.6. The number of aromatic nitrogens is 1. The number of esters is 1. The summed E-state index contributed by atoms with van der Waals surface area (Å²) >= 11 is 0. The normalized spacial score (nSPS) is 13.1. The monoisotopic (exact) mass is 490 g/mol. The Hall–Kier alpha value is -3.94. The van der Waals surface area contributed by atoms with Crippen molar-refractivity contribution >= 4 is 23.4 Å². The van der Waals surface area contributed by atoms with Crippen molar-refractivity contribution in [3.05, 3.63) is 72.6 Å². The molecule has 1 aliphatic rings. The maximum Gasteiger partial charge on any atom is 0.340 e. The van der Waals surface area contributed by atoms with E-state index in [0.717, 1.165) is 35.7 Å². The van der Waals surface area contributed by atoms with Gasteiger partial charge in [-0.05, 0) is 55.0 Å². The highest BCUT2D eigenvalue weighted by Gasteiger charge is 2.32. The first kappa shape index (κ1) is 25.2. The van der Waals surface area contributed by atoms with Gasteiger partial charge in [-0.15, -0.1) is 0 Å². The molecule has 0 atom stereocenters. The molecule has 0 bridgehead atoms. The van der Waals surface area contributed by atoms with Crippen molar-refractivity contribution in [2.75, 3.05) is 37.0 Å². The van der Waals surface area contributed by atoms with E-state index in [1.807, 2.05) is 65.5 Å². The van der Waals surface area contributed by atoms with E-state index in [-0.39, 0.29) is 18.1 Å². The van der Waals surface area contributed by atoms with Crippen LogP contribution in [0.1, 0.15) is 43.0 Å². The third-order valence-electron chi connectivity index (χ3n) is 6.20. The van der Waals surface area contributed by atoms with Crippen LogP contribution in [0.25, 0.3) is 5.69 Å².